The lowest BCUT2D eigenvalue weighted by molar-refractivity contribution is -0.118. The Kier molecular flexibility index (Phi) is 4.18. The van der Waals surface area contributed by atoms with Gasteiger partial charge in [0.15, 0.2) is 0 Å². The summed E-state index contributed by atoms with van der Waals surface area (Å²) in [4.78, 5) is 15.8. The van der Waals surface area contributed by atoms with E-state index in [1.165, 1.54) is 11.4 Å². The van der Waals surface area contributed by atoms with Crippen molar-refractivity contribution >= 4 is 15.8 Å². The number of carbonyl (C=O) groups is 1. The van der Waals surface area contributed by atoms with E-state index in [1.54, 1.807) is 19.2 Å². The van der Waals surface area contributed by atoms with Crippen LogP contribution in [0.4, 0.5) is 0 Å². The molecule has 0 atom stereocenters. The number of methoxy groups -OCH3 is 1. The minimum Gasteiger partial charge on any atom is -0.480 e. The second-order valence-corrected chi connectivity index (χ2v) is 8.55. The van der Waals surface area contributed by atoms with Crippen LogP contribution in [0.15, 0.2) is 17.2 Å². The Morgan fingerprint density at radius 1 is 1.26 bits per heavy atom. The average Bonchev–Trinajstić information content (AvgIpc) is 2.88. The van der Waals surface area contributed by atoms with Gasteiger partial charge < -0.3 is 4.74 Å². The van der Waals surface area contributed by atoms with Gasteiger partial charge in [-0.15, -0.1) is 0 Å². The van der Waals surface area contributed by atoms with Crippen molar-refractivity contribution in [2.45, 2.75) is 43.9 Å². The van der Waals surface area contributed by atoms with E-state index in [-0.39, 0.29) is 16.2 Å². The number of nitrogens with zero attached hydrogens (tertiary/aromatic N) is 2. The predicted molar refractivity (Wildman–Crippen MR) is 84.8 cm³/mol. The molecule has 0 aromatic carbocycles. The molecule has 6 nitrogen and oxygen atoms in total. The maximum atomic E-state index is 12.9. The van der Waals surface area contributed by atoms with Gasteiger partial charge in [0.1, 0.15) is 10.7 Å². The SMILES string of the molecule is COc1ncc(C)cc1S(=O)(=O)N1CCC2(CCC(=O)C2)CC1. The molecule has 126 valence electrons. The fourth-order valence-corrected chi connectivity index (χ4v) is 5.27. The minimum atomic E-state index is -3.63. The van der Waals surface area contributed by atoms with Crippen molar-refractivity contribution in [1.82, 2.24) is 9.29 Å². The highest BCUT2D eigenvalue weighted by Gasteiger charge is 2.43. The fourth-order valence-electron chi connectivity index (χ4n) is 3.63. The molecular weight excluding hydrogens is 316 g/mol. The van der Waals surface area contributed by atoms with Gasteiger partial charge in [0.05, 0.1) is 7.11 Å². The van der Waals surface area contributed by atoms with E-state index in [2.05, 4.69) is 4.98 Å². The van der Waals surface area contributed by atoms with Crippen LogP contribution in [-0.2, 0) is 14.8 Å². The highest BCUT2D eigenvalue weighted by Crippen LogP contribution is 2.45. The summed E-state index contributed by atoms with van der Waals surface area (Å²) in [6.45, 7) is 2.71. The lowest BCUT2D eigenvalue weighted by atomic mass is 9.77. The highest BCUT2D eigenvalue weighted by molar-refractivity contribution is 7.89. The molecule has 0 amide bonds. The topological polar surface area (TPSA) is 76.6 Å². The maximum Gasteiger partial charge on any atom is 0.248 e. The first-order valence-corrected chi connectivity index (χ1v) is 9.33. The van der Waals surface area contributed by atoms with Crippen molar-refractivity contribution < 1.29 is 17.9 Å². The Hall–Kier alpha value is -1.47. The Balaban J connectivity index is 1.82. The Morgan fingerprint density at radius 3 is 2.52 bits per heavy atom. The highest BCUT2D eigenvalue weighted by atomic mass is 32.2. The molecule has 7 heteroatoms. The number of ketones is 1. The van der Waals surface area contributed by atoms with Crippen LogP contribution in [0.1, 0.15) is 37.7 Å². The van der Waals surface area contributed by atoms with Crippen molar-refractivity contribution in [3.8, 4) is 5.88 Å². The number of aryl methyl sites for hydroxylation is 1. The van der Waals surface area contributed by atoms with Gasteiger partial charge in [0.2, 0.25) is 15.9 Å². The molecular formula is C16H22N2O4S. The second-order valence-electron chi connectivity index (χ2n) is 6.64. The first-order chi connectivity index (χ1) is 10.9. The third-order valence-electron chi connectivity index (χ3n) is 5.06. The van der Waals surface area contributed by atoms with Crippen LogP contribution in [0.3, 0.4) is 0 Å². The number of pyridine rings is 1. The third kappa shape index (κ3) is 2.99. The molecule has 1 saturated heterocycles. The quantitative estimate of drug-likeness (QED) is 0.841. The lowest BCUT2D eigenvalue weighted by Crippen LogP contribution is -2.42. The Morgan fingerprint density at radius 2 is 1.96 bits per heavy atom. The summed E-state index contributed by atoms with van der Waals surface area (Å²) < 4.78 is 32.5. The van der Waals surface area contributed by atoms with Crippen molar-refractivity contribution in [2.75, 3.05) is 20.2 Å². The van der Waals surface area contributed by atoms with Gasteiger partial charge in [-0.05, 0) is 43.2 Å². The number of sulfonamides is 1. The summed E-state index contributed by atoms with van der Waals surface area (Å²) in [6.07, 6.45) is 5.24. The van der Waals surface area contributed by atoms with Crippen LogP contribution in [0.5, 0.6) is 5.88 Å². The van der Waals surface area contributed by atoms with E-state index in [9.17, 15) is 13.2 Å². The molecule has 0 N–H and O–H groups in total. The second kappa shape index (κ2) is 5.87. The molecule has 0 bridgehead atoms. The zero-order valence-corrected chi connectivity index (χ0v) is 14.4. The zero-order chi connectivity index (χ0) is 16.7. The summed E-state index contributed by atoms with van der Waals surface area (Å²) in [7, 11) is -2.20. The molecule has 1 aromatic rings. The van der Waals surface area contributed by atoms with Crippen LogP contribution in [0, 0.1) is 12.3 Å². The largest absolute Gasteiger partial charge is 0.480 e. The average molecular weight is 338 g/mol. The van der Waals surface area contributed by atoms with E-state index < -0.39 is 10.0 Å². The van der Waals surface area contributed by atoms with Crippen molar-refractivity contribution in [1.29, 1.82) is 0 Å². The summed E-state index contributed by atoms with van der Waals surface area (Å²) in [5.41, 5.74) is 0.803. The van der Waals surface area contributed by atoms with E-state index in [0.29, 0.717) is 31.7 Å². The predicted octanol–water partition coefficient (Wildman–Crippen LogP) is 1.92. The summed E-state index contributed by atoms with van der Waals surface area (Å²) in [6, 6.07) is 1.60. The minimum absolute atomic E-state index is 0.0258. The van der Waals surface area contributed by atoms with Gasteiger partial charge >= 0.3 is 0 Å². The fraction of sp³-hybridized carbons (Fsp3) is 0.625. The zero-order valence-electron chi connectivity index (χ0n) is 13.5. The van der Waals surface area contributed by atoms with Crippen LogP contribution in [-0.4, -0.2) is 43.7 Å². The van der Waals surface area contributed by atoms with Crippen LogP contribution in [0.25, 0.3) is 0 Å². The van der Waals surface area contributed by atoms with Gasteiger partial charge in [0.25, 0.3) is 0 Å². The third-order valence-corrected chi connectivity index (χ3v) is 6.95. The van der Waals surface area contributed by atoms with Gasteiger partial charge in [-0.2, -0.15) is 4.31 Å². The number of piperidine rings is 1. The molecule has 2 fully saturated rings. The van der Waals surface area contributed by atoms with Gasteiger partial charge in [-0.1, -0.05) is 0 Å². The van der Waals surface area contributed by atoms with Crippen LogP contribution >= 0.6 is 0 Å². The number of aromatic nitrogens is 1. The lowest BCUT2D eigenvalue weighted by Gasteiger charge is -2.38. The number of carbonyl (C=O) groups excluding carboxylic acids is 1. The number of Topliss-reactive ketones (excluding diaryl/α,β-unsaturated/α-hetero) is 1. The molecule has 1 saturated carbocycles. The Labute approximate surface area is 136 Å². The molecule has 23 heavy (non-hydrogen) atoms. The van der Waals surface area contributed by atoms with E-state index in [0.717, 1.165) is 24.8 Å². The molecule has 2 aliphatic rings. The number of hydrogen-bond acceptors (Lipinski definition) is 5. The number of hydrogen-bond donors (Lipinski definition) is 0. The summed E-state index contributed by atoms with van der Waals surface area (Å²) in [5.74, 6) is 0.442. The molecule has 3 rings (SSSR count). The Bertz CT molecular complexity index is 722. The van der Waals surface area contributed by atoms with Crippen LogP contribution < -0.4 is 4.74 Å². The van der Waals surface area contributed by atoms with E-state index in [1.807, 2.05) is 0 Å². The van der Waals surface area contributed by atoms with Gasteiger partial charge in [-0.3, -0.25) is 4.79 Å². The van der Waals surface area contributed by atoms with E-state index >= 15 is 0 Å². The smallest absolute Gasteiger partial charge is 0.248 e. The van der Waals surface area contributed by atoms with Crippen LogP contribution in [0.2, 0.25) is 0 Å². The standard InChI is InChI=1S/C16H22N2O4S/c1-12-9-14(15(22-2)17-11-12)23(20,21)18-7-5-16(6-8-18)4-3-13(19)10-16/h9,11H,3-8,10H2,1-2H3. The molecule has 1 aromatic heterocycles. The molecule has 1 aliphatic carbocycles. The van der Waals surface area contributed by atoms with Crippen molar-refractivity contribution in [2.24, 2.45) is 5.41 Å². The molecule has 2 heterocycles. The number of rotatable bonds is 3. The van der Waals surface area contributed by atoms with Gasteiger partial charge in [-0.25, -0.2) is 13.4 Å². The molecule has 1 aliphatic heterocycles. The number of ether oxygens (including phenoxy) is 1. The normalized spacial score (nSPS) is 21.7. The summed E-state index contributed by atoms with van der Waals surface area (Å²) >= 11 is 0. The molecule has 0 unspecified atom stereocenters. The molecule has 1 spiro atoms. The van der Waals surface area contributed by atoms with Crippen molar-refractivity contribution in [3.05, 3.63) is 17.8 Å². The first kappa shape index (κ1) is 16.4. The van der Waals surface area contributed by atoms with Crippen molar-refractivity contribution in [3.63, 3.8) is 0 Å². The van der Waals surface area contributed by atoms with E-state index in [4.69, 9.17) is 4.74 Å². The van der Waals surface area contributed by atoms with Gasteiger partial charge in [0, 0.05) is 32.1 Å². The maximum absolute atomic E-state index is 12.9. The monoisotopic (exact) mass is 338 g/mol. The first-order valence-electron chi connectivity index (χ1n) is 7.89. The molecule has 0 radical (unpaired) electrons. The summed E-state index contributed by atoms with van der Waals surface area (Å²) in [5, 5.41) is 0.